The second kappa shape index (κ2) is 10.8. The van der Waals surface area contributed by atoms with Crippen molar-refractivity contribution in [3.63, 3.8) is 0 Å². The Labute approximate surface area is 209 Å². The van der Waals surface area contributed by atoms with Gasteiger partial charge in [0.15, 0.2) is 11.6 Å². The Morgan fingerprint density at radius 2 is 1.84 bits per heavy atom. The van der Waals surface area contributed by atoms with E-state index in [1.807, 2.05) is 17.9 Å². The number of ether oxygens (including phenoxy) is 2. The number of rotatable bonds is 7. The molecular formula is C24H24F4N6O3. The third-order valence-corrected chi connectivity index (χ3v) is 5.61. The van der Waals surface area contributed by atoms with Gasteiger partial charge >= 0.3 is 6.36 Å². The van der Waals surface area contributed by atoms with Gasteiger partial charge in [0.2, 0.25) is 17.8 Å². The number of nitrogens with zero attached hydrogens (tertiary/aromatic N) is 4. The third-order valence-electron chi connectivity index (χ3n) is 5.61. The van der Waals surface area contributed by atoms with Crippen molar-refractivity contribution in [2.75, 3.05) is 28.6 Å². The fourth-order valence-corrected chi connectivity index (χ4v) is 3.84. The molecule has 4 rings (SSSR count). The van der Waals surface area contributed by atoms with E-state index in [-0.39, 0.29) is 17.8 Å². The first kappa shape index (κ1) is 25.9. The highest BCUT2D eigenvalue weighted by Crippen LogP contribution is 2.31. The van der Waals surface area contributed by atoms with Crippen molar-refractivity contribution in [2.24, 2.45) is 0 Å². The van der Waals surface area contributed by atoms with Gasteiger partial charge < -0.3 is 25.0 Å². The van der Waals surface area contributed by atoms with Crippen LogP contribution < -0.4 is 25.0 Å². The van der Waals surface area contributed by atoms with E-state index in [4.69, 9.17) is 4.74 Å². The number of aromatic nitrogens is 3. The quantitative estimate of drug-likeness (QED) is 0.422. The first-order valence-electron chi connectivity index (χ1n) is 11.4. The van der Waals surface area contributed by atoms with E-state index in [1.165, 1.54) is 19.3 Å². The fourth-order valence-electron chi connectivity index (χ4n) is 3.84. The van der Waals surface area contributed by atoms with Gasteiger partial charge in [0, 0.05) is 50.3 Å². The summed E-state index contributed by atoms with van der Waals surface area (Å²) >= 11 is 0. The van der Waals surface area contributed by atoms with E-state index in [2.05, 4.69) is 30.3 Å². The number of benzene rings is 2. The Balaban J connectivity index is 1.37. The normalized spacial score (nSPS) is 14.3. The number of hydrogen-bond acceptors (Lipinski definition) is 8. The molecule has 0 aliphatic carbocycles. The number of nitrogens with one attached hydrogen (secondary N) is 2. The Morgan fingerprint density at radius 3 is 2.54 bits per heavy atom. The van der Waals surface area contributed by atoms with Gasteiger partial charge in [0.1, 0.15) is 18.2 Å². The molecule has 2 heterocycles. The summed E-state index contributed by atoms with van der Waals surface area (Å²) in [6, 6.07) is 8.46. The fraction of sp³-hybridized carbons (Fsp3) is 0.333. The number of halogens is 4. The molecule has 0 atom stereocenters. The van der Waals surface area contributed by atoms with Crippen LogP contribution in [0.25, 0.3) is 0 Å². The van der Waals surface area contributed by atoms with E-state index < -0.39 is 17.9 Å². The molecule has 9 nitrogen and oxygen atoms in total. The van der Waals surface area contributed by atoms with E-state index in [0.29, 0.717) is 43.5 Å². The molecule has 1 fully saturated rings. The lowest BCUT2D eigenvalue weighted by atomic mass is 10.1. The lowest BCUT2D eigenvalue weighted by molar-refractivity contribution is -0.275. The van der Waals surface area contributed by atoms with Crippen LogP contribution in [0.2, 0.25) is 0 Å². The Morgan fingerprint density at radius 1 is 1.11 bits per heavy atom. The van der Waals surface area contributed by atoms with Gasteiger partial charge in [-0.25, -0.2) is 14.4 Å². The average Bonchev–Trinajstić information content (AvgIpc) is 2.83. The number of hydrogen-bond donors (Lipinski definition) is 2. The maximum Gasteiger partial charge on any atom is 0.573 e. The molecule has 13 heteroatoms. The predicted molar refractivity (Wildman–Crippen MR) is 128 cm³/mol. The van der Waals surface area contributed by atoms with E-state index in [9.17, 15) is 22.4 Å². The maximum absolute atomic E-state index is 13.7. The number of anilines is 4. The molecule has 0 bridgehead atoms. The van der Waals surface area contributed by atoms with Crippen molar-refractivity contribution in [3.8, 4) is 11.5 Å². The number of alkyl halides is 3. The lowest BCUT2D eigenvalue weighted by Gasteiger charge is -2.32. The highest BCUT2D eigenvalue weighted by molar-refractivity contribution is 5.90. The molecule has 196 valence electrons. The van der Waals surface area contributed by atoms with Crippen LogP contribution in [-0.4, -0.2) is 46.4 Å². The second-order valence-electron chi connectivity index (χ2n) is 8.34. The molecule has 3 aromatic rings. The zero-order valence-electron chi connectivity index (χ0n) is 20.0. The zero-order chi connectivity index (χ0) is 26.6. The smallest absolute Gasteiger partial charge is 0.490 e. The van der Waals surface area contributed by atoms with Gasteiger partial charge in [-0.15, -0.1) is 13.2 Å². The van der Waals surface area contributed by atoms with Gasteiger partial charge in [-0.2, -0.15) is 4.98 Å². The molecule has 1 aliphatic rings. The van der Waals surface area contributed by atoms with Crippen molar-refractivity contribution < 1.29 is 31.8 Å². The second-order valence-corrected chi connectivity index (χ2v) is 8.34. The largest absolute Gasteiger partial charge is 0.573 e. The number of carbonyl (C=O) groups is 1. The first-order chi connectivity index (χ1) is 17.6. The van der Waals surface area contributed by atoms with Gasteiger partial charge in [-0.05, 0) is 36.8 Å². The molecule has 0 spiro atoms. The third kappa shape index (κ3) is 6.96. The number of amides is 1. The molecule has 2 N–H and O–H groups in total. The minimum Gasteiger partial charge on any atom is -0.490 e. The standard InChI is InChI=1S/C24H24F4N6O3/c1-14-19(31-15(2)35)4-3-5-20(14)32-22-29-13-30-23(33-22)34-10-8-16(9-11-34)36-17-6-7-18(25)21(12-17)37-24(26,27)28/h3-7,12-13,16H,8-11H2,1-2H3,(H,31,35)(H,29,30,32,33). The summed E-state index contributed by atoms with van der Waals surface area (Å²) in [5.74, 6) is -1.38. The van der Waals surface area contributed by atoms with Crippen molar-refractivity contribution in [2.45, 2.75) is 39.2 Å². The van der Waals surface area contributed by atoms with Crippen molar-refractivity contribution in [1.82, 2.24) is 15.0 Å². The Kier molecular flexibility index (Phi) is 7.60. The topological polar surface area (TPSA) is 102 Å². The highest BCUT2D eigenvalue weighted by Gasteiger charge is 2.33. The average molecular weight is 520 g/mol. The van der Waals surface area contributed by atoms with Crippen LogP contribution in [0.4, 0.5) is 40.8 Å². The van der Waals surface area contributed by atoms with Crippen LogP contribution in [0, 0.1) is 12.7 Å². The van der Waals surface area contributed by atoms with Crippen LogP contribution in [0.3, 0.4) is 0 Å². The predicted octanol–water partition coefficient (Wildman–Crippen LogP) is 4.97. The minimum absolute atomic E-state index is 0.0858. The molecule has 0 saturated carbocycles. The number of piperidine rings is 1. The van der Waals surface area contributed by atoms with Gasteiger partial charge in [-0.1, -0.05) is 6.07 Å². The summed E-state index contributed by atoms with van der Waals surface area (Å²) in [6.07, 6.45) is -2.83. The zero-order valence-corrected chi connectivity index (χ0v) is 20.0. The molecule has 0 radical (unpaired) electrons. The molecule has 1 aromatic heterocycles. The SMILES string of the molecule is CC(=O)Nc1cccc(Nc2ncnc(N3CCC(Oc4ccc(F)c(OC(F)(F)F)c4)CC3)n2)c1C. The van der Waals surface area contributed by atoms with Gasteiger partial charge in [0.05, 0.1) is 0 Å². The molecular weight excluding hydrogens is 496 g/mol. The monoisotopic (exact) mass is 520 g/mol. The van der Waals surface area contributed by atoms with Crippen molar-refractivity contribution in [1.29, 1.82) is 0 Å². The molecule has 0 unspecified atom stereocenters. The van der Waals surface area contributed by atoms with Crippen LogP contribution in [0.1, 0.15) is 25.3 Å². The summed E-state index contributed by atoms with van der Waals surface area (Å²) in [5, 5.41) is 5.92. The van der Waals surface area contributed by atoms with Crippen LogP contribution >= 0.6 is 0 Å². The molecule has 1 aliphatic heterocycles. The summed E-state index contributed by atoms with van der Waals surface area (Å²) in [5.41, 5.74) is 2.22. The minimum atomic E-state index is -5.00. The molecule has 1 amide bonds. The Hall–Kier alpha value is -4.16. The van der Waals surface area contributed by atoms with Crippen LogP contribution in [0.15, 0.2) is 42.7 Å². The van der Waals surface area contributed by atoms with Crippen molar-refractivity contribution in [3.05, 3.63) is 54.1 Å². The summed E-state index contributed by atoms with van der Waals surface area (Å²) in [7, 11) is 0. The van der Waals surface area contributed by atoms with Gasteiger partial charge in [0.25, 0.3) is 0 Å². The highest BCUT2D eigenvalue weighted by atomic mass is 19.4. The van der Waals surface area contributed by atoms with Crippen LogP contribution in [0.5, 0.6) is 11.5 Å². The maximum atomic E-state index is 13.7. The molecule has 37 heavy (non-hydrogen) atoms. The first-order valence-corrected chi connectivity index (χ1v) is 11.4. The molecule has 2 aromatic carbocycles. The summed E-state index contributed by atoms with van der Waals surface area (Å²) < 4.78 is 60.6. The number of carbonyl (C=O) groups excluding carboxylic acids is 1. The van der Waals surface area contributed by atoms with E-state index >= 15 is 0 Å². The lowest BCUT2D eigenvalue weighted by Crippen LogP contribution is -2.39. The van der Waals surface area contributed by atoms with Crippen LogP contribution in [-0.2, 0) is 4.79 Å². The van der Waals surface area contributed by atoms with E-state index in [1.54, 1.807) is 12.1 Å². The summed E-state index contributed by atoms with van der Waals surface area (Å²) in [6.45, 7) is 4.35. The van der Waals surface area contributed by atoms with Gasteiger partial charge in [-0.3, -0.25) is 4.79 Å². The van der Waals surface area contributed by atoms with Crippen molar-refractivity contribution >= 4 is 29.2 Å². The Bertz CT molecular complexity index is 1270. The summed E-state index contributed by atoms with van der Waals surface area (Å²) in [4.78, 5) is 26.3. The molecule has 1 saturated heterocycles. The van der Waals surface area contributed by atoms with E-state index in [0.717, 1.165) is 23.4 Å².